The van der Waals surface area contributed by atoms with E-state index >= 15 is 0 Å². The molecule has 0 aliphatic carbocycles. The van der Waals surface area contributed by atoms with Crippen molar-refractivity contribution in [3.05, 3.63) is 47.4 Å². The predicted octanol–water partition coefficient (Wildman–Crippen LogP) is 3.56. The number of imidazole rings is 1. The molecule has 1 unspecified atom stereocenters. The van der Waals surface area contributed by atoms with E-state index in [2.05, 4.69) is 29.0 Å². The molecule has 1 atom stereocenters. The molecule has 0 aliphatic rings. The molecule has 1 aromatic carbocycles. The fourth-order valence-corrected chi connectivity index (χ4v) is 3.07. The maximum atomic E-state index is 5.86. The van der Waals surface area contributed by atoms with Crippen LogP contribution in [0.2, 0.25) is 0 Å². The van der Waals surface area contributed by atoms with Crippen LogP contribution >= 0.6 is 11.8 Å². The third-order valence-electron chi connectivity index (χ3n) is 3.16. The van der Waals surface area contributed by atoms with Crippen molar-refractivity contribution in [3.63, 3.8) is 0 Å². The summed E-state index contributed by atoms with van der Waals surface area (Å²) in [6.45, 7) is 4.51. The molecule has 20 heavy (non-hydrogen) atoms. The third kappa shape index (κ3) is 2.59. The molecule has 0 aliphatic heterocycles. The molecule has 3 N–H and O–H groups in total. The molecule has 2 heterocycles. The van der Waals surface area contributed by atoms with Gasteiger partial charge >= 0.3 is 0 Å². The molecule has 3 aromatic rings. The number of nitrogens with zero attached hydrogens (tertiary/aromatic N) is 1. The van der Waals surface area contributed by atoms with Gasteiger partial charge < -0.3 is 15.1 Å². The highest BCUT2D eigenvalue weighted by Gasteiger charge is 2.17. The molecule has 0 spiro atoms. The van der Waals surface area contributed by atoms with Crippen LogP contribution in [0, 0.1) is 13.8 Å². The van der Waals surface area contributed by atoms with E-state index in [1.807, 2.05) is 25.1 Å². The lowest BCUT2D eigenvalue weighted by Gasteiger charge is -2.09. The van der Waals surface area contributed by atoms with E-state index in [1.54, 1.807) is 11.8 Å². The van der Waals surface area contributed by atoms with Crippen molar-refractivity contribution in [2.45, 2.75) is 24.3 Å². The molecule has 4 nitrogen and oxygen atoms in total. The molecule has 2 aromatic heterocycles. The summed E-state index contributed by atoms with van der Waals surface area (Å²) in [5, 5.41) is 0.945. The number of rotatable bonds is 4. The molecular weight excluding hydrogens is 270 g/mol. The topological polar surface area (TPSA) is 67.8 Å². The highest BCUT2D eigenvalue weighted by molar-refractivity contribution is 7.99. The minimum absolute atomic E-state index is 0.0744. The van der Waals surface area contributed by atoms with Crippen LogP contribution in [-0.4, -0.2) is 16.5 Å². The molecule has 104 valence electrons. The summed E-state index contributed by atoms with van der Waals surface area (Å²) in [7, 11) is 0. The third-order valence-corrected chi connectivity index (χ3v) is 4.29. The van der Waals surface area contributed by atoms with Gasteiger partial charge in [0.05, 0.1) is 16.3 Å². The fourth-order valence-electron chi connectivity index (χ4n) is 2.14. The lowest BCUT2D eigenvalue weighted by atomic mass is 10.2. The van der Waals surface area contributed by atoms with Crippen LogP contribution < -0.4 is 5.73 Å². The number of H-pyrrole nitrogens is 1. The van der Waals surface area contributed by atoms with Gasteiger partial charge in [0, 0.05) is 6.54 Å². The van der Waals surface area contributed by atoms with Gasteiger partial charge in [-0.05, 0) is 43.7 Å². The molecule has 0 bridgehead atoms. The predicted molar refractivity (Wildman–Crippen MR) is 81.9 cm³/mol. The second-order valence-corrected chi connectivity index (χ2v) is 6.04. The van der Waals surface area contributed by atoms with Crippen LogP contribution in [0.3, 0.4) is 0 Å². The SMILES string of the molecule is Cc1ccc2nc(SC(CN)c3ccc(C)o3)[nH]c2c1. The Bertz CT molecular complexity index is 732. The van der Waals surface area contributed by atoms with Crippen molar-refractivity contribution in [2.75, 3.05) is 6.54 Å². The monoisotopic (exact) mass is 287 g/mol. The number of hydrogen-bond donors (Lipinski definition) is 2. The molecule has 0 saturated carbocycles. The van der Waals surface area contributed by atoms with E-state index in [-0.39, 0.29) is 5.25 Å². The van der Waals surface area contributed by atoms with Gasteiger partial charge in [-0.15, -0.1) is 0 Å². The molecule has 5 heteroatoms. The quantitative estimate of drug-likeness (QED) is 0.720. The number of furan rings is 1. The van der Waals surface area contributed by atoms with Gasteiger partial charge in [0.2, 0.25) is 0 Å². The van der Waals surface area contributed by atoms with Crippen molar-refractivity contribution in [1.82, 2.24) is 9.97 Å². The molecule has 3 rings (SSSR count). The highest BCUT2D eigenvalue weighted by Crippen LogP contribution is 2.34. The zero-order valence-electron chi connectivity index (χ0n) is 11.5. The number of hydrogen-bond acceptors (Lipinski definition) is 4. The van der Waals surface area contributed by atoms with E-state index in [4.69, 9.17) is 10.2 Å². The summed E-state index contributed by atoms with van der Waals surface area (Å²) in [6, 6.07) is 10.1. The molecule has 0 saturated heterocycles. The van der Waals surface area contributed by atoms with Crippen LogP contribution in [0.4, 0.5) is 0 Å². The first-order valence-corrected chi connectivity index (χ1v) is 7.43. The van der Waals surface area contributed by atoms with Gasteiger partial charge in [-0.1, -0.05) is 17.8 Å². The maximum absolute atomic E-state index is 5.86. The summed E-state index contributed by atoms with van der Waals surface area (Å²) in [5.41, 5.74) is 9.11. The van der Waals surface area contributed by atoms with Gasteiger partial charge in [-0.3, -0.25) is 0 Å². The summed E-state index contributed by atoms with van der Waals surface area (Å²) < 4.78 is 5.66. The zero-order valence-corrected chi connectivity index (χ0v) is 12.3. The normalized spacial score (nSPS) is 12.9. The smallest absolute Gasteiger partial charge is 0.167 e. The Morgan fingerprint density at radius 2 is 2.15 bits per heavy atom. The Morgan fingerprint density at radius 3 is 2.85 bits per heavy atom. The van der Waals surface area contributed by atoms with E-state index < -0.39 is 0 Å². The Kier molecular flexibility index (Phi) is 3.54. The van der Waals surface area contributed by atoms with E-state index in [1.165, 1.54) is 5.56 Å². The van der Waals surface area contributed by atoms with Crippen molar-refractivity contribution >= 4 is 22.8 Å². The van der Waals surface area contributed by atoms with Gasteiger partial charge in [0.1, 0.15) is 11.5 Å². The summed E-state index contributed by atoms with van der Waals surface area (Å²) in [5.74, 6) is 1.80. The fraction of sp³-hybridized carbons (Fsp3) is 0.267. The number of fused-ring (bicyclic) bond motifs is 1. The zero-order chi connectivity index (χ0) is 14.1. The van der Waals surface area contributed by atoms with Gasteiger partial charge in [-0.2, -0.15) is 0 Å². The molecular formula is C15H17N3OS. The number of nitrogens with two attached hydrogens (primary N) is 1. The number of thioether (sulfide) groups is 1. The Labute approximate surface area is 121 Å². The highest BCUT2D eigenvalue weighted by atomic mass is 32.2. The Morgan fingerprint density at radius 1 is 1.30 bits per heavy atom. The van der Waals surface area contributed by atoms with Crippen molar-refractivity contribution in [3.8, 4) is 0 Å². The van der Waals surface area contributed by atoms with Crippen molar-refractivity contribution in [1.29, 1.82) is 0 Å². The standard InChI is InChI=1S/C15H17N3OS/c1-9-3-5-11-12(7-9)18-15(17-11)20-14(8-16)13-6-4-10(2)19-13/h3-7,14H,8,16H2,1-2H3,(H,17,18). The number of benzene rings is 1. The van der Waals surface area contributed by atoms with Gasteiger partial charge in [0.15, 0.2) is 5.16 Å². The number of aromatic nitrogens is 2. The summed E-state index contributed by atoms with van der Waals surface area (Å²) in [4.78, 5) is 7.92. The van der Waals surface area contributed by atoms with Crippen LogP contribution in [0.15, 0.2) is 39.9 Å². The Balaban J connectivity index is 1.87. The molecule has 0 radical (unpaired) electrons. The maximum Gasteiger partial charge on any atom is 0.167 e. The first kappa shape index (κ1) is 13.3. The second-order valence-electron chi connectivity index (χ2n) is 4.85. The Hall–Kier alpha value is -1.72. The lowest BCUT2D eigenvalue weighted by molar-refractivity contribution is 0.481. The number of aryl methyl sites for hydroxylation is 2. The van der Waals surface area contributed by atoms with Crippen LogP contribution in [0.1, 0.15) is 22.3 Å². The average molecular weight is 287 g/mol. The van der Waals surface area contributed by atoms with E-state index in [0.717, 1.165) is 27.7 Å². The van der Waals surface area contributed by atoms with Crippen molar-refractivity contribution in [2.24, 2.45) is 5.73 Å². The summed E-state index contributed by atoms with van der Waals surface area (Å²) in [6.07, 6.45) is 0. The van der Waals surface area contributed by atoms with Gasteiger partial charge in [-0.25, -0.2) is 4.98 Å². The van der Waals surface area contributed by atoms with E-state index in [0.29, 0.717) is 6.54 Å². The summed E-state index contributed by atoms with van der Waals surface area (Å²) >= 11 is 1.60. The van der Waals surface area contributed by atoms with Crippen LogP contribution in [-0.2, 0) is 0 Å². The minimum Gasteiger partial charge on any atom is -0.465 e. The van der Waals surface area contributed by atoms with Crippen LogP contribution in [0.5, 0.6) is 0 Å². The van der Waals surface area contributed by atoms with Crippen LogP contribution in [0.25, 0.3) is 11.0 Å². The first-order valence-electron chi connectivity index (χ1n) is 6.55. The number of nitrogens with one attached hydrogen (secondary N) is 1. The molecule has 0 amide bonds. The van der Waals surface area contributed by atoms with Crippen molar-refractivity contribution < 1.29 is 4.42 Å². The average Bonchev–Trinajstić information content (AvgIpc) is 3.01. The second kappa shape index (κ2) is 5.34. The molecule has 0 fully saturated rings. The van der Waals surface area contributed by atoms with Gasteiger partial charge in [0.25, 0.3) is 0 Å². The minimum atomic E-state index is 0.0744. The lowest BCUT2D eigenvalue weighted by Crippen LogP contribution is -2.08. The largest absolute Gasteiger partial charge is 0.465 e. The first-order chi connectivity index (χ1) is 9.65. The number of aromatic amines is 1. The van der Waals surface area contributed by atoms with E-state index in [9.17, 15) is 0 Å².